The van der Waals surface area contributed by atoms with Crippen LogP contribution < -0.4 is 5.32 Å². The lowest BCUT2D eigenvalue weighted by atomic mass is 9.88. The van der Waals surface area contributed by atoms with Gasteiger partial charge in [0.15, 0.2) is 0 Å². The first kappa shape index (κ1) is 11.9. The second kappa shape index (κ2) is 5.67. The Labute approximate surface area is 102 Å². The Hall–Kier alpha value is -0.570. The molecule has 0 bridgehead atoms. The second-order valence-electron chi connectivity index (χ2n) is 4.30. The van der Waals surface area contributed by atoms with Gasteiger partial charge in [-0.2, -0.15) is 0 Å². The summed E-state index contributed by atoms with van der Waals surface area (Å²) in [4.78, 5) is 0. The maximum absolute atomic E-state index is 5.89. The lowest BCUT2D eigenvalue weighted by molar-refractivity contribution is 0.0383. The molecule has 2 rings (SSSR count). The molecule has 0 spiro atoms. The maximum Gasteiger partial charge on any atom is 0.0850 e. The van der Waals surface area contributed by atoms with E-state index in [9.17, 15) is 0 Å². The molecule has 0 aromatic heterocycles. The Kier molecular flexibility index (Phi) is 4.22. The van der Waals surface area contributed by atoms with E-state index in [4.69, 9.17) is 16.3 Å². The maximum atomic E-state index is 5.89. The van der Waals surface area contributed by atoms with Gasteiger partial charge in [0.1, 0.15) is 0 Å². The van der Waals surface area contributed by atoms with E-state index in [1.807, 2.05) is 12.1 Å². The van der Waals surface area contributed by atoms with Gasteiger partial charge in [-0.1, -0.05) is 23.7 Å². The minimum atomic E-state index is 0.208. The summed E-state index contributed by atoms with van der Waals surface area (Å²) in [6, 6.07) is 8.00. The van der Waals surface area contributed by atoms with E-state index in [2.05, 4.69) is 17.4 Å². The molecule has 0 radical (unpaired) electrons. The highest BCUT2D eigenvalue weighted by Crippen LogP contribution is 2.31. The predicted octanol–water partition coefficient (Wildman–Crippen LogP) is 3.03. The SMILES string of the molecule is COC(c1ccc(Cl)cc1)C1CCNCC1. The standard InChI is InChI=1S/C13H18ClNO/c1-16-13(11-6-8-15-9-7-11)10-2-4-12(14)5-3-10/h2-5,11,13,15H,6-9H2,1H3. The first-order chi connectivity index (χ1) is 7.81. The van der Waals surface area contributed by atoms with Crippen LogP contribution in [0.1, 0.15) is 24.5 Å². The van der Waals surface area contributed by atoms with Crippen molar-refractivity contribution in [2.75, 3.05) is 20.2 Å². The van der Waals surface area contributed by atoms with Crippen molar-refractivity contribution in [2.24, 2.45) is 5.92 Å². The highest BCUT2D eigenvalue weighted by molar-refractivity contribution is 6.30. The number of halogens is 1. The number of ether oxygens (including phenoxy) is 1. The summed E-state index contributed by atoms with van der Waals surface area (Å²) in [6.07, 6.45) is 2.57. The molecule has 1 N–H and O–H groups in total. The van der Waals surface area contributed by atoms with Crippen LogP contribution in [-0.4, -0.2) is 20.2 Å². The molecule has 1 saturated heterocycles. The summed E-state index contributed by atoms with van der Waals surface area (Å²) in [7, 11) is 1.79. The van der Waals surface area contributed by atoms with Gasteiger partial charge in [0.05, 0.1) is 6.10 Å². The van der Waals surface area contributed by atoms with Gasteiger partial charge in [-0.3, -0.25) is 0 Å². The third-order valence-electron chi connectivity index (χ3n) is 3.26. The summed E-state index contributed by atoms with van der Waals surface area (Å²) in [5, 5.41) is 4.16. The average molecular weight is 240 g/mol. The normalized spacial score (nSPS) is 19.6. The van der Waals surface area contributed by atoms with Crippen molar-refractivity contribution in [3.05, 3.63) is 34.9 Å². The Balaban J connectivity index is 2.11. The smallest absolute Gasteiger partial charge is 0.0850 e. The summed E-state index contributed by atoms with van der Waals surface area (Å²) in [5.74, 6) is 0.618. The van der Waals surface area contributed by atoms with Gasteiger partial charge in [-0.15, -0.1) is 0 Å². The second-order valence-corrected chi connectivity index (χ2v) is 4.73. The van der Waals surface area contributed by atoms with Crippen LogP contribution in [0.25, 0.3) is 0 Å². The zero-order chi connectivity index (χ0) is 11.4. The molecule has 1 heterocycles. The number of methoxy groups -OCH3 is 1. The van der Waals surface area contributed by atoms with Gasteiger partial charge in [0.25, 0.3) is 0 Å². The molecule has 1 unspecified atom stereocenters. The molecule has 2 nitrogen and oxygen atoms in total. The molecule has 1 fully saturated rings. The number of rotatable bonds is 3. The fourth-order valence-electron chi connectivity index (χ4n) is 2.40. The Morgan fingerprint density at radius 1 is 1.25 bits per heavy atom. The van der Waals surface area contributed by atoms with Gasteiger partial charge < -0.3 is 10.1 Å². The third kappa shape index (κ3) is 2.76. The van der Waals surface area contributed by atoms with E-state index in [-0.39, 0.29) is 6.10 Å². The van der Waals surface area contributed by atoms with Gasteiger partial charge in [-0.05, 0) is 49.5 Å². The van der Waals surface area contributed by atoms with Crippen molar-refractivity contribution in [3.63, 3.8) is 0 Å². The molecule has 1 aliphatic rings. The Bertz CT molecular complexity index is 319. The molecule has 0 saturated carbocycles. The quantitative estimate of drug-likeness (QED) is 0.876. The van der Waals surface area contributed by atoms with Crippen molar-refractivity contribution < 1.29 is 4.74 Å². The highest BCUT2D eigenvalue weighted by Gasteiger charge is 2.24. The van der Waals surface area contributed by atoms with Crippen LogP contribution >= 0.6 is 11.6 Å². The fourth-order valence-corrected chi connectivity index (χ4v) is 2.53. The predicted molar refractivity (Wildman–Crippen MR) is 66.8 cm³/mol. The van der Waals surface area contributed by atoms with Gasteiger partial charge in [-0.25, -0.2) is 0 Å². The van der Waals surface area contributed by atoms with E-state index in [1.54, 1.807) is 7.11 Å². The van der Waals surface area contributed by atoms with Crippen molar-refractivity contribution in [3.8, 4) is 0 Å². The van der Waals surface area contributed by atoms with Crippen molar-refractivity contribution in [1.82, 2.24) is 5.32 Å². The zero-order valence-corrected chi connectivity index (χ0v) is 10.3. The molecule has 3 heteroatoms. The van der Waals surface area contributed by atoms with E-state index < -0.39 is 0 Å². The van der Waals surface area contributed by atoms with E-state index in [0.29, 0.717) is 5.92 Å². The van der Waals surface area contributed by atoms with Gasteiger partial charge in [0, 0.05) is 12.1 Å². The zero-order valence-electron chi connectivity index (χ0n) is 9.58. The van der Waals surface area contributed by atoms with Crippen LogP contribution in [0.4, 0.5) is 0 Å². The summed E-state index contributed by atoms with van der Waals surface area (Å²) < 4.78 is 5.64. The minimum Gasteiger partial charge on any atom is -0.376 e. The Morgan fingerprint density at radius 2 is 1.88 bits per heavy atom. The topological polar surface area (TPSA) is 21.3 Å². The van der Waals surface area contributed by atoms with Crippen LogP contribution in [-0.2, 0) is 4.74 Å². The molecule has 88 valence electrons. The first-order valence-corrected chi connectivity index (χ1v) is 6.18. The third-order valence-corrected chi connectivity index (χ3v) is 3.52. The highest BCUT2D eigenvalue weighted by atomic mass is 35.5. The summed E-state index contributed by atoms with van der Waals surface area (Å²) >= 11 is 5.89. The number of nitrogens with one attached hydrogen (secondary N) is 1. The largest absolute Gasteiger partial charge is 0.376 e. The van der Waals surface area contributed by atoms with Crippen LogP contribution in [0.2, 0.25) is 5.02 Å². The minimum absolute atomic E-state index is 0.208. The van der Waals surface area contributed by atoms with Crippen molar-refractivity contribution in [2.45, 2.75) is 18.9 Å². The summed E-state index contributed by atoms with van der Waals surface area (Å²) in [5.41, 5.74) is 1.24. The number of benzene rings is 1. The molecule has 1 aliphatic heterocycles. The van der Waals surface area contributed by atoms with Crippen LogP contribution in [0, 0.1) is 5.92 Å². The van der Waals surface area contributed by atoms with Gasteiger partial charge in [0.2, 0.25) is 0 Å². The van der Waals surface area contributed by atoms with Crippen LogP contribution in [0.15, 0.2) is 24.3 Å². The average Bonchev–Trinajstić information content (AvgIpc) is 2.34. The lowest BCUT2D eigenvalue weighted by Crippen LogP contribution is -2.31. The monoisotopic (exact) mass is 239 g/mol. The van der Waals surface area contributed by atoms with E-state index in [1.165, 1.54) is 18.4 Å². The first-order valence-electron chi connectivity index (χ1n) is 5.80. The molecular weight excluding hydrogens is 222 g/mol. The number of hydrogen-bond acceptors (Lipinski definition) is 2. The van der Waals surface area contributed by atoms with Crippen molar-refractivity contribution in [1.29, 1.82) is 0 Å². The molecule has 1 aromatic rings. The van der Waals surface area contributed by atoms with Crippen LogP contribution in [0.3, 0.4) is 0 Å². The molecule has 1 aromatic carbocycles. The molecule has 0 aliphatic carbocycles. The fraction of sp³-hybridized carbons (Fsp3) is 0.538. The molecule has 16 heavy (non-hydrogen) atoms. The number of piperidine rings is 1. The summed E-state index contributed by atoms with van der Waals surface area (Å²) in [6.45, 7) is 2.19. The van der Waals surface area contributed by atoms with Gasteiger partial charge >= 0.3 is 0 Å². The Morgan fingerprint density at radius 3 is 2.44 bits per heavy atom. The lowest BCUT2D eigenvalue weighted by Gasteiger charge is -2.30. The molecular formula is C13H18ClNO. The van der Waals surface area contributed by atoms with Crippen LogP contribution in [0.5, 0.6) is 0 Å². The molecule has 0 amide bonds. The molecule has 1 atom stereocenters. The van der Waals surface area contributed by atoms with E-state index in [0.717, 1.165) is 18.1 Å². The number of hydrogen-bond donors (Lipinski definition) is 1. The van der Waals surface area contributed by atoms with Crippen molar-refractivity contribution >= 4 is 11.6 Å². The van der Waals surface area contributed by atoms with E-state index >= 15 is 0 Å².